The second kappa shape index (κ2) is 4.96. The van der Waals surface area contributed by atoms with Gasteiger partial charge < -0.3 is 10.5 Å². The van der Waals surface area contributed by atoms with E-state index in [9.17, 15) is 4.79 Å². The summed E-state index contributed by atoms with van der Waals surface area (Å²) in [4.78, 5) is 16.3. The molecule has 2 rings (SSSR count). The Morgan fingerprint density at radius 1 is 1.47 bits per heavy atom. The number of hydrogen-bond acceptors (Lipinski definition) is 4. The maximum atomic E-state index is 12.0. The number of aromatic nitrogens is 2. The zero-order valence-corrected chi connectivity index (χ0v) is 12.0. The van der Waals surface area contributed by atoms with E-state index in [0.717, 1.165) is 18.5 Å². The van der Waals surface area contributed by atoms with Gasteiger partial charge in [-0.25, -0.2) is 14.3 Å². The van der Waals surface area contributed by atoms with Crippen molar-refractivity contribution in [3.8, 4) is 0 Å². The number of nitrogens with zero attached hydrogens (tertiary/aromatic N) is 2. The summed E-state index contributed by atoms with van der Waals surface area (Å²) in [5.74, 6) is 0. The molecule has 1 aliphatic rings. The Labute approximate surface area is 114 Å². The van der Waals surface area contributed by atoms with Gasteiger partial charge in [-0.2, -0.15) is 0 Å². The highest BCUT2D eigenvalue weighted by Crippen LogP contribution is 2.39. The van der Waals surface area contributed by atoms with E-state index in [1.807, 2.05) is 20.8 Å². The summed E-state index contributed by atoms with van der Waals surface area (Å²) in [6.07, 6.45) is 7.36. The van der Waals surface area contributed by atoms with Gasteiger partial charge in [-0.15, -0.1) is 0 Å². The summed E-state index contributed by atoms with van der Waals surface area (Å²) in [5.41, 5.74) is 6.29. The molecule has 1 heterocycles. The van der Waals surface area contributed by atoms with Gasteiger partial charge in [-0.3, -0.25) is 0 Å². The summed E-state index contributed by atoms with van der Waals surface area (Å²) in [7, 11) is 0. The van der Waals surface area contributed by atoms with Crippen LogP contribution in [-0.4, -0.2) is 27.8 Å². The lowest BCUT2D eigenvalue weighted by Gasteiger charge is -2.24. The second-order valence-electron chi connectivity index (χ2n) is 6.34. The molecular weight excluding hydrogens is 242 g/mol. The molecule has 1 aromatic rings. The van der Waals surface area contributed by atoms with Crippen LogP contribution in [0, 0.1) is 0 Å². The van der Waals surface area contributed by atoms with Gasteiger partial charge in [0.05, 0.1) is 5.69 Å². The lowest BCUT2D eigenvalue weighted by Crippen LogP contribution is -2.32. The minimum Gasteiger partial charge on any atom is -0.443 e. The Balaban J connectivity index is 2.17. The van der Waals surface area contributed by atoms with Crippen LogP contribution in [0.1, 0.15) is 52.1 Å². The van der Waals surface area contributed by atoms with Gasteiger partial charge in [-0.1, -0.05) is 12.8 Å². The van der Waals surface area contributed by atoms with Crippen molar-refractivity contribution in [2.24, 2.45) is 5.73 Å². The monoisotopic (exact) mass is 265 g/mol. The summed E-state index contributed by atoms with van der Waals surface area (Å²) in [6, 6.07) is 0. The molecule has 0 atom stereocenters. The fourth-order valence-corrected chi connectivity index (χ4v) is 2.63. The van der Waals surface area contributed by atoms with Gasteiger partial charge >= 0.3 is 6.09 Å². The van der Waals surface area contributed by atoms with Crippen LogP contribution in [0.3, 0.4) is 0 Å². The maximum absolute atomic E-state index is 12.0. The first kappa shape index (κ1) is 14.1. The number of rotatable bonds is 2. The van der Waals surface area contributed by atoms with E-state index in [0.29, 0.717) is 6.54 Å². The first-order valence-corrected chi connectivity index (χ1v) is 6.84. The molecule has 1 aliphatic carbocycles. The highest BCUT2D eigenvalue weighted by atomic mass is 16.6. The first-order chi connectivity index (χ1) is 8.86. The molecule has 19 heavy (non-hydrogen) atoms. The number of imidazole rings is 1. The average molecular weight is 265 g/mol. The molecule has 0 bridgehead atoms. The SMILES string of the molecule is CC(C)(C)OC(=O)n1cnc(C2(CN)CCCC2)c1. The fraction of sp³-hybridized carbons (Fsp3) is 0.714. The average Bonchev–Trinajstić information content (AvgIpc) is 2.96. The van der Waals surface area contributed by atoms with Gasteiger partial charge in [0.15, 0.2) is 0 Å². The van der Waals surface area contributed by atoms with E-state index in [-0.39, 0.29) is 5.41 Å². The molecule has 1 saturated carbocycles. The van der Waals surface area contributed by atoms with Gasteiger partial charge in [0.1, 0.15) is 11.9 Å². The first-order valence-electron chi connectivity index (χ1n) is 6.84. The van der Waals surface area contributed by atoms with Crippen molar-refractivity contribution in [3.63, 3.8) is 0 Å². The topological polar surface area (TPSA) is 70.1 Å². The highest BCUT2D eigenvalue weighted by molar-refractivity contribution is 5.70. The van der Waals surface area contributed by atoms with Crippen molar-refractivity contribution in [2.75, 3.05) is 6.54 Å². The second-order valence-corrected chi connectivity index (χ2v) is 6.34. The molecule has 106 valence electrons. The number of carbonyl (C=O) groups excluding carboxylic acids is 1. The molecule has 0 aromatic carbocycles. The predicted molar refractivity (Wildman–Crippen MR) is 73.1 cm³/mol. The molecule has 0 aliphatic heterocycles. The lowest BCUT2D eigenvalue weighted by molar-refractivity contribution is 0.0536. The van der Waals surface area contributed by atoms with Crippen molar-refractivity contribution in [1.82, 2.24) is 9.55 Å². The largest absolute Gasteiger partial charge is 0.443 e. The molecule has 0 radical (unpaired) electrons. The minimum atomic E-state index is -0.500. The van der Waals surface area contributed by atoms with E-state index < -0.39 is 11.7 Å². The Hall–Kier alpha value is -1.36. The zero-order valence-electron chi connectivity index (χ0n) is 12.0. The molecule has 0 saturated heterocycles. The Kier molecular flexibility index (Phi) is 3.67. The summed E-state index contributed by atoms with van der Waals surface area (Å²) in [6.45, 7) is 6.13. The molecule has 1 fully saturated rings. The smallest absolute Gasteiger partial charge is 0.419 e. The van der Waals surface area contributed by atoms with Crippen molar-refractivity contribution < 1.29 is 9.53 Å². The number of carbonyl (C=O) groups is 1. The fourth-order valence-electron chi connectivity index (χ4n) is 2.63. The zero-order chi connectivity index (χ0) is 14.1. The minimum absolute atomic E-state index is 0.0484. The third kappa shape index (κ3) is 2.97. The van der Waals surface area contributed by atoms with Crippen molar-refractivity contribution in [3.05, 3.63) is 18.2 Å². The van der Waals surface area contributed by atoms with Gasteiger partial charge in [0, 0.05) is 18.2 Å². The molecule has 5 nitrogen and oxygen atoms in total. The molecule has 0 spiro atoms. The Morgan fingerprint density at radius 2 is 2.11 bits per heavy atom. The van der Waals surface area contributed by atoms with E-state index in [1.165, 1.54) is 23.7 Å². The van der Waals surface area contributed by atoms with E-state index in [4.69, 9.17) is 10.5 Å². The Morgan fingerprint density at radius 3 is 2.63 bits per heavy atom. The van der Waals surface area contributed by atoms with Crippen LogP contribution < -0.4 is 5.73 Å². The van der Waals surface area contributed by atoms with Crippen molar-refractivity contribution in [2.45, 2.75) is 57.5 Å². The standard InChI is InChI=1S/C14H23N3O2/c1-13(2,3)19-12(18)17-8-11(16-10-17)14(9-15)6-4-5-7-14/h8,10H,4-7,9,15H2,1-3H3. The third-order valence-corrected chi connectivity index (χ3v) is 3.68. The van der Waals surface area contributed by atoms with Crippen LogP contribution >= 0.6 is 0 Å². The third-order valence-electron chi connectivity index (χ3n) is 3.68. The molecule has 1 aromatic heterocycles. The quantitative estimate of drug-likeness (QED) is 0.891. The summed E-state index contributed by atoms with van der Waals surface area (Å²) in [5, 5.41) is 0. The van der Waals surface area contributed by atoms with Crippen LogP contribution in [0.2, 0.25) is 0 Å². The van der Waals surface area contributed by atoms with E-state index >= 15 is 0 Å². The molecule has 2 N–H and O–H groups in total. The van der Waals surface area contributed by atoms with Crippen LogP contribution in [0.4, 0.5) is 4.79 Å². The van der Waals surface area contributed by atoms with Crippen molar-refractivity contribution in [1.29, 1.82) is 0 Å². The van der Waals surface area contributed by atoms with E-state index in [1.54, 1.807) is 6.20 Å². The molecule has 0 amide bonds. The Bertz CT molecular complexity index is 454. The maximum Gasteiger partial charge on any atom is 0.419 e. The van der Waals surface area contributed by atoms with Gasteiger partial charge in [0.2, 0.25) is 0 Å². The van der Waals surface area contributed by atoms with Crippen molar-refractivity contribution >= 4 is 6.09 Å². The molecule has 0 unspecified atom stereocenters. The van der Waals surface area contributed by atoms with Crippen LogP contribution in [-0.2, 0) is 10.2 Å². The molecular formula is C14H23N3O2. The number of ether oxygens (including phenoxy) is 1. The molecule has 5 heteroatoms. The van der Waals surface area contributed by atoms with Gasteiger partial charge in [-0.05, 0) is 33.6 Å². The summed E-state index contributed by atoms with van der Waals surface area (Å²) >= 11 is 0. The predicted octanol–water partition coefficient (Wildman–Crippen LogP) is 2.44. The van der Waals surface area contributed by atoms with E-state index in [2.05, 4.69) is 4.98 Å². The van der Waals surface area contributed by atoms with Crippen LogP contribution in [0.5, 0.6) is 0 Å². The van der Waals surface area contributed by atoms with Crippen LogP contribution in [0.25, 0.3) is 0 Å². The van der Waals surface area contributed by atoms with Crippen LogP contribution in [0.15, 0.2) is 12.5 Å². The normalized spacial score (nSPS) is 18.5. The van der Waals surface area contributed by atoms with Gasteiger partial charge in [0.25, 0.3) is 0 Å². The highest BCUT2D eigenvalue weighted by Gasteiger charge is 2.36. The summed E-state index contributed by atoms with van der Waals surface area (Å²) < 4.78 is 6.73. The number of hydrogen-bond donors (Lipinski definition) is 1. The number of nitrogens with two attached hydrogens (primary N) is 1. The lowest BCUT2D eigenvalue weighted by atomic mass is 9.83.